The predicted octanol–water partition coefficient (Wildman–Crippen LogP) is 0.584. The summed E-state index contributed by atoms with van der Waals surface area (Å²) in [5, 5.41) is 44.8. The third kappa shape index (κ3) is 1.91. The first-order valence-corrected chi connectivity index (χ1v) is 9.65. The molecule has 8 atom stereocenters. The van der Waals surface area contributed by atoms with Crippen molar-refractivity contribution in [1.29, 1.82) is 0 Å². The van der Waals surface area contributed by atoms with Crippen LogP contribution in [0.1, 0.15) is 34.1 Å². The van der Waals surface area contributed by atoms with E-state index in [2.05, 4.69) is 0 Å². The Hall–Kier alpha value is -1.05. The van der Waals surface area contributed by atoms with Gasteiger partial charge >= 0.3 is 0 Å². The molecule has 2 fully saturated rings. The monoisotopic (exact) mass is 378 g/mol. The van der Waals surface area contributed by atoms with Gasteiger partial charge in [0.25, 0.3) is 0 Å². The predicted molar refractivity (Wildman–Crippen MR) is 97.6 cm³/mol. The largest absolute Gasteiger partial charge is 0.392 e. The number of rotatable bonds is 2. The van der Waals surface area contributed by atoms with Crippen molar-refractivity contribution in [2.24, 2.45) is 29.1 Å². The van der Waals surface area contributed by atoms with Crippen molar-refractivity contribution in [3.8, 4) is 0 Å². The number of hydrogen-bond donors (Lipinski definition) is 4. The number of ketones is 1. The number of fused-ring (bicyclic) bond motifs is 5. The van der Waals surface area contributed by atoms with Crippen LogP contribution >= 0.6 is 0 Å². The zero-order valence-corrected chi connectivity index (χ0v) is 16.6. The fourth-order valence-corrected chi connectivity index (χ4v) is 6.80. The fourth-order valence-electron chi connectivity index (χ4n) is 6.80. The molecule has 0 saturated heterocycles. The van der Waals surface area contributed by atoms with Crippen LogP contribution in [0.25, 0.3) is 0 Å². The Labute approximate surface area is 159 Å². The molecule has 0 spiro atoms. The normalized spacial score (nSPS) is 52.9. The van der Waals surface area contributed by atoms with Gasteiger partial charge in [-0.15, -0.1) is 0 Å². The van der Waals surface area contributed by atoms with Crippen LogP contribution in [0.4, 0.5) is 0 Å². The summed E-state index contributed by atoms with van der Waals surface area (Å²) in [6.07, 6.45) is 2.82. The molecule has 0 unspecified atom stereocenters. The highest BCUT2D eigenvalue weighted by molar-refractivity contribution is 6.04. The lowest BCUT2D eigenvalue weighted by atomic mass is 9.59. The number of carbonyl (C=O) groups excluding carboxylic acids is 1. The van der Waals surface area contributed by atoms with Crippen LogP contribution in [-0.4, -0.2) is 62.8 Å². The number of Topliss-reactive ketones (excluding diaryl/α,β-unsaturated/α-hetero) is 1. The van der Waals surface area contributed by atoms with Crippen molar-refractivity contribution in [3.63, 3.8) is 0 Å². The van der Waals surface area contributed by atoms with Crippen molar-refractivity contribution in [3.05, 3.63) is 23.3 Å². The summed E-state index contributed by atoms with van der Waals surface area (Å²) in [4.78, 5) is 12.8. The van der Waals surface area contributed by atoms with Gasteiger partial charge in [-0.25, -0.2) is 0 Å². The molecular formula is C21H30O6. The highest BCUT2D eigenvalue weighted by Gasteiger charge is 2.84. The molecule has 4 N–H and O–H groups in total. The van der Waals surface area contributed by atoms with Crippen LogP contribution in [0.15, 0.2) is 23.3 Å². The number of methoxy groups -OCH3 is 1. The van der Waals surface area contributed by atoms with Crippen LogP contribution in [0, 0.1) is 29.1 Å². The van der Waals surface area contributed by atoms with Crippen LogP contribution in [0.3, 0.4) is 0 Å². The molecule has 0 aromatic rings. The van der Waals surface area contributed by atoms with Crippen LogP contribution in [0.5, 0.6) is 0 Å². The fraction of sp³-hybridized carbons (Fsp3) is 0.762. The van der Waals surface area contributed by atoms with Crippen LogP contribution in [-0.2, 0) is 9.53 Å². The zero-order chi connectivity index (χ0) is 20.2. The molecule has 27 heavy (non-hydrogen) atoms. The Kier molecular flexibility index (Phi) is 3.79. The molecule has 0 radical (unpaired) electrons. The SMILES string of the molecule is CO[C@@H]1[C@@H](C)[C@@]2(O)[C@@H](C=C(CO)C[C@]3(O)C(=O)C(C)=C[C@@H]23)[C@@H]2C(C)(C)[C@]12O. The van der Waals surface area contributed by atoms with Gasteiger partial charge in [0.2, 0.25) is 0 Å². The third-order valence-electron chi connectivity index (χ3n) is 8.26. The first-order valence-electron chi connectivity index (χ1n) is 9.65. The first kappa shape index (κ1) is 19.3. The Morgan fingerprint density at radius 1 is 1.22 bits per heavy atom. The van der Waals surface area contributed by atoms with Crippen molar-refractivity contribution >= 4 is 5.78 Å². The Bertz CT molecular complexity index is 769. The van der Waals surface area contributed by atoms with Gasteiger partial charge in [-0.1, -0.05) is 32.9 Å². The van der Waals surface area contributed by atoms with Crippen LogP contribution < -0.4 is 0 Å². The quantitative estimate of drug-likeness (QED) is 0.524. The smallest absolute Gasteiger partial charge is 0.190 e. The molecule has 150 valence electrons. The van der Waals surface area contributed by atoms with Gasteiger partial charge < -0.3 is 25.2 Å². The van der Waals surface area contributed by atoms with E-state index < -0.39 is 51.9 Å². The standard InChI is InChI=1S/C21H30O6/c1-10-6-14-19(24,16(10)23)8-12(9-22)7-13-15-18(3,4)21(15,26)17(27-5)11(2)20(13,14)25/h6-7,11,13-15,17,22,24-26H,8-9H2,1-5H3/t11-,13+,14-,15-,17-,19-,20-,21-/m1/s1. The van der Waals surface area contributed by atoms with Gasteiger partial charge in [0, 0.05) is 42.6 Å². The lowest BCUT2D eigenvalue weighted by Gasteiger charge is -2.52. The van der Waals surface area contributed by atoms with Gasteiger partial charge in [-0.3, -0.25) is 4.79 Å². The second-order valence-corrected chi connectivity index (χ2v) is 9.62. The lowest BCUT2D eigenvalue weighted by molar-refractivity contribution is -0.215. The molecule has 6 nitrogen and oxygen atoms in total. The van der Waals surface area contributed by atoms with Gasteiger partial charge in [0.1, 0.15) is 11.2 Å². The molecular weight excluding hydrogens is 348 g/mol. The number of aliphatic hydroxyl groups excluding tert-OH is 1. The van der Waals surface area contributed by atoms with Gasteiger partial charge in [0.05, 0.1) is 18.3 Å². The number of carbonyl (C=O) groups is 1. The minimum Gasteiger partial charge on any atom is -0.392 e. The summed E-state index contributed by atoms with van der Waals surface area (Å²) >= 11 is 0. The molecule has 0 aliphatic heterocycles. The lowest BCUT2D eigenvalue weighted by Crippen LogP contribution is -2.65. The van der Waals surface area contributed by atoms with Crippen LogP contribution in [0.2, 0.25) is 0 Å². The topological polar surface area (TPSA) is 107 Å². The summed E-state index contributed by atoms with van der Waals surface area (Å²) in [6, 6.07) is 0. The summed E-state index contributed by atoms with van der Waals surface area (Å²) in [7, 11) is 1.52. The molecule has 4 aliphatic rings. The van der Waals surface area contributed by atoms with E-state index in [0.29, 0.717) is 11.1 Å². The molecule has 4 rings (SSSR count). The van der Waals surface area contributed by atoms with E-state index in [4.69, 9.17) is 4.74 Å². The molecule has 0 amide bonds. The van der Waals surface area contributed by atoms with E-state index in [-0.39, 0.29) is 18.9 Å². The van der Waals surface area contributed by atoms with Crippen molar-refractivity contribution in [1.82, 2.24) is 0 Å². The summed E-state index contributed by atoms with van der Waals surface area (Å²) in [5.74, 6) is -2.56. The molecule has 0 heterocycles. The highest BCUT2D eigenvalue weighted by Crippen LogP contribution is 2.75. The Balaban J connectivity index is 1.96. The Morgan fingerprint density at radius 3 is 2.41 bits per heavy atom. The molecule has 4 aliphatic carbocycles. The summed E-state index contributed by atoms with van der Waals surface area (Å²) < 4.78 is 5.67. The van der Waals surface area contributed by atoms with E-state index in [0.717, 1.165) is 0 Å². The van der Waals surface area contributed by atoms with E-state index >= 15 is 0 Å². The zero-order valence-electron chi connectivity index (χ0n) is 16.6. The second kappa shape index (κ2) is 5.30. The summed E-state index contributed by atoms with van der Waals surface area (Å²) in [6.45, 7) is 7.06. The summed E-state index contributed by atoms with van der Waals surface area (Å²) in [5.41, 5.74) is -3.94. The van der Waals surface area contributed by atoms with Crippen molar-refractivity contribution in [2.75, 3.05) is 13.7 Å². The van der Waals surface area contributed by atoms with E-state index in [1.54, 1.807) is 19.1 Å². The van der Waals surface area contributed by atoms with Crippen molar-refractivity contribution in [2.45, 2.75) is 57.0 Å². The van der Waals surface area contributed by atoms with E-state index in [1.807, 2.05) is 20.8 Å². The maximum atomic E-state index is 12.8. The number of hydrogen-bond acceptors (Lipinski definition) is 6. The van der Waals surface area contributed by atoms with Crippen molar-refractivity contribution < 1.29 is 30.0 Å². The average molecular weight is 378 g/mol. The average Bonchev–Trinajstić information content (AvgIpc) is 2.99. The van der Waals surface area contributed by atoms with Gasteiger partial charge in [-0.05, 0) is 18.1 Å². The second-order valence-electron chi connectivity index (χ2n) is 9.62. The molecule has 6 heteroatoms. The van der Waals surface area contributed by atoms with E-state index in [9.17, 15) is 25.2 Å². The molecule has 2 saturated carbocycles. The molecule has 0 bridgehead atoms. The number of ether oxygens (including phenoxy) is 1. The minimum absolute atomic E-state index is 0.0183. The van der Waals surface area contributed by atoms with Gasteiger partial charge in [0.15, 0.2) is 5.78 Å². The first-order chi connectivity index (χ1) is 12.4. The number of aliphatic hydroxyl groups is 4. The van der Waals surface area contributed by atoms with Gasteiger partial charge in [-0.2, -0.15) is 0 Å². The minimum atomic E-state index is -1.79. The Morgan fingerprint density at radius 2 is 1.85 bits per heavy atom. The van der Waals surface area contributed by atoms with E-state index in [1.165, 1.54) is 7.11 Å². The highest BCUT2D eigenvalue weighted by atomic mass is 16.5. The maximum Gasteiger partial charge on any atom is 0.190 e. The third-order valence-corrected chi connectivity index (χ3v) is 8.26. The maximum absolute atomic E-state index is 12.8. The molecule has 0 aromatic heterocycles. The molecule has 0 aromatic carbocycles.